The second kappa shape index (κ2) is 7.87. The van der Waals surface area contributed by atoms with Crippen LogP contribution in [0.3, 0.4) is 0 Å². The second-order valence-electron chi connectivity index (χ2n) is 4.47. The number of rotatable bonds is 5. The molecule has 0 aliphatic heterocycles. The number of anilines is 1. The van der Waals surface area contributed by atoms with Crippen LogP contribution in [0.5, 0.6) is 0 Å². The molecular weight excluding hydrogens is 314 g/mol. The van der Waals surface area contributed by atoms with Crippen LogP contribution in [0, 0.1) is 11.3 Å². The van der Waals surface area contributed by atoms with Gasteiger partial charge < -0.3 is 5.32 Å². The Morgan fingerprint density at radius 2 is 2.05 bits per heavy atom. The fourth-order valence-corrected chi connectivity index (χ4v) is 2.95. The highest BCUT2D eigenvalue weighted by Crippen LogP contribution is 2.23. The number of nitriles is 1. The van der Waals surface area contributed by atoms with Gasteiger partial charge in [-0.25, -0.2) is 4.98 Å². The van der Waals surface area contributed by atoms with Crippen LogP contribution in [0.25, 0.3) is 0 Å². The molecule has 1 aromatic carbocycles. The van der Waals surface area contributed by atoms with Gasteiger partial charge in [0.25, 0.3) is 0 Å². The van der Waals surface area contributed by atoms with Crippen LogP contribution in [-0.4, -0.2) is 22.4 Å². The van der Waals surface area contributed by atoms with Crippen molar-refractivity contribution in [3.8, 4) is 6.07 Å². The van der Waals surface area contributed by atoms with Gasteiger partial charge in [0.15, 0.2) is 0 Å². The van der Waals surface area contributed by atoms with E-state index in [0.717, 1.165) is 10.6 Å². The van der Waals surface area contributed by atoms with Gasteiger partial charge in [-0.2, -0.15) is 5.26 Å². The minimum Gasteiger partial charge on any atom is -0.325 e. The van der Waals surface area contributed by atoms with E-state index in [-0.39, 0.29) is 11.2 Å². The first-order valence-corrected chi connectivity index (χ1v) is 8.70. The zero-order valence-corrected chi connectivity index (χ0v) is 13.9. The van der Waals surface area contributed by atoms with Crippen molar-refractivity contribution < 1.29 is 4.79 Å². The molecule has 22 heavy (non-hydrogen) atoms. The summed E-state index contributed by atoms with van der Waals surface area (Å²) in [5, 5.41) is 12.1. The van der Waals surface area contributed by atoms with E-state index in [0.29, 0.717) is 10.6 Å². The summed E-state index contributed by atoms with van der Waals surface area (Å²) < 4.78 is 0. The lowest BCUT2D eigenvalue weighted by Gasteiger charge is -2.11. The van der Waals surface area contributed by atoms with Gasteiger partial charge in [0.2, 0.25) is 5.91 Å². The molecule has 0 spiro atoms. The lowest BCUT2D eigenvalue weighted by atomic mass is 10.3. The van der Waals surface area contributed by atoms with Crippen LogP contribution in [-0.2, 0) is 4.79 Å². The summed E-state index contributed by atoms with van der Waals surface area (Å²) in [6, 6.07) is 13.1. The Morgan fingerprint density at radius 3 is 2.68 bits per heavy atom. The number of carbonyl (C=O) groups excluding carboxylic acids is 1. The molecule has 1 unspecified atom stereocenters. The molecule has 1 aromatic heterocycles. The standard InChI is InChI=1S/C16H15N3OS2/c1-11(22-15-9-12(10-17)7-8-18-15)16(20)19-13-3-5-14(21-2)6-4-13/h3-9,11H,1-2H3,(H,19,20). The van der Waals surface area contributed by atoms with Crippen LogP contribution >= 0.6 is 23.5 Å². The van der Waals surface area contributed by atoms with Gasteiger partial charge >= 0.3 is 0 Å². The number of benzene rings is 1. The molecule has 2 aromatic rings. The number of hydrogen-bond donors (Lipinski definition) is 1. The number of carbonyl (C=O) groups is 1. The maximum Gasteiger partial charge on any atom is 0.237 e. The highest BCUT2D eigenvalue weighted by molar-refractivity contribution is 8.00. The van der Waals surface area contributed by atoms with Crippen molar-refractivity contribution in [3.63, 3.8) is 0 Å². The number of amides is 1. The van der Waals surface area contributed by atoms with Gasteiger partial charge in [0.05, 0.1) is 21.9 Å². The summed E-state index contributed by atoms with van der Waals surface area (Å²) in [4.78, 5) is 17.5. The molecule has 0 saturated carbocycles. The normalized spacial score (nSPS) is 11.5. The Kier molecular flexibility index (Phi) is 5.87. The average Bonchev–Trinajstić information content (AvgIpc) is 2.55. The van der Waals surface area contributed by atoms with Crippen molar-refractivity contribution in [2.45, 2.75) is 22.1 Å². The summed E-state index contributed by atoms with van der Waals surface area (Å²) in [6.07, 6.45) is 3.58. The fourth-order valence-electron chi connectivity index (χ4n) is 1.70. The van der Waals surface area contributed by atoms with Gasteiger partial charge in [0, 0.05) is 16.8 Å². The molecular formula is C16H15N3OS2. The first-order chi connectivity index (χ1) is 10.6. The first-order valence-electron chi connectivity index (χ1n) is 6.60. The molecule has 0 fully saturated rings. The molecule has 1 N–H and O–H groups in total. The third kappa shape index (κ3) is 4.52. The summed E-state index contributed by atoms with van der Waals surface area (Å²) in [5.41, 5.74) is 1.31. The topological polar surface area (TPSA) is 65.8 Å². The molecule has 2 rings (SSSR count). The molecule has 0 bridgehead atoms. The van der Waals surface area contributed by atoms with Crippen molar-refractivity contribution in [2.75, 3.05) is 11.6 Å². The number of thioether (sulfide) groups is 2. The highest BCUT2D eigenvalue weighted by Gasteiger charge is 2.15. The molecule has 4 nitrogen and oxygen atoms in total. The quantitative estimate of drug-likeness (QED) is 0.845. The van der Waals surface area contributed by atoms with E-state index in [1.165, 1.54) is 11.8 Å². The Balaban J connectivity index is 1.97. The Labute approximate surface area is 138 Å². The lowest BCUT2D eigenvalue weighted by Crippen LogP contribution is -2.22. The predicted molar refractivity (Wildman–Crippen MR) is 91.1 cm³/mol. The molecule has 0 aliphatic rings. The number of aromatic nitrogens is 1. The molecule has 0 radical (unpaired) electrons. The van der Waals surface area contributed by atoms with E-state index in [9.17, 15) is 4.79 Å². The van der Waals surface area contributed by atoms with E-state index in [2.05, 4.69) is 16.4 Å². The van der Waals surface area contributed by atoms with Crippen LogP contribution in [0.1, 0.15) is 12.5 Å². The van der Waals surface area contributed by atoms with Crippen molar-refractivity contribution in [3.05, 3.63) is 48.2 Å². The lowest BCUT2D eigenvalue weighted by molar-refractivity contribution is -0.115. The Morgan fingerprint density at radius 1 is 1.32 bits per heavy atom. The largest absolute Gasteiger partial charge is 0.325 e. The van der Waals surface area contributed by atoms with Crippen LogP contribution in [0.15, 0.2) is 52.5 Å². The molecule has 0 saturated heterocycles. The SMILES string of the molecule is CSc1ccc(NC(=O)C(C)Sc2cc(C#N)ccn2)cc1. The second-order valence-corrected chi connectivity index (χ2v) is 6.71. The van der Waals surface area contributed by atoms with Gasteiger partial charge in [-0.3, -0.25) is 4.79 Å². The minimum absolute atomic E-state index is 0.0916. The summed E-state index contributed by atoms with van der Waals surface area (Å²) in [6.45, 7) is 1.82. The first kappa shape index (κ1) is 16.4. The van der Waals surface area contributed by atoms with Crippen molar-refractivity contribution in [1.82, 2.24) is 4.98 Å². The van der Waals surface area contributed by atoms with Gasteiger partial charge in [-0.15, -0.1) is 11.8 Å². The third-order valence-corrected chi connectivity index (χ3v) is 4.66. The highest BCUT2D eigenvalue weighted by atomic mass is 32.2. The van der Waals surface area contributed by atoms with Crippen LogP contribution < -0.4 is 5.32 Å². The fraction of sp³-hybridized carbons (Fsp3) is 0.188. The summed E-state index contributed by atoms with van der Waals surface area (Å²) >= 11 is 2.99. The monoisotopic (exact) mass is 329 g/mol. The summed E-state index contributed by atoms with van der Waals surface area (Å²) in [7, 11) is 0. The maximum atomic E-state index is 12.2. The summed E-state index contributed by atoms with van der Waals surface area (Å²) in [5.74, 6) is -0.0916. The van der Waals surface area contributed by atoms with E-state index in [4.69, 9.17) is 5.26 Å². The van der Waals surface area contributed by atoms with E-state index in [1.807, 2.05) is 37.4 Å². The number of nitrogens with one attached hydrogen (secondary N) is 1. The minimum atomic E-state index is -0.304. The molecule has 112 valence electrons. The molecule has 0 aliphatic carbocycles. The Bertz CT molecular complexity index is 695. The number of hydrogen-bond acceptors (Lipinski definition) is 5. The third-order valence-electron chi connectivity index (χ3n) is 2.89. The molecule has 6 heteroatoms. The Hall–Kier alpha value is -1.97. The molecule has 1 atom stereocenters. The van der Waals surface area contributed by atoms with Gasteiger partial charge in [0.1, 0.15) is 0 Å². The van der Waals surface area contributed by atoms with Crippen LogP contribution in [0.4, 0.5) is 5.69 Å². The zero-order valence-electron chi connectivity index (χ0n) is 12.2. The number of pyridine rings is 1. The molecule has 1 heterocycles. The zero-order chi connectivity index (χ0) is 15.9. The average molecular weight is 329 g/mol. The van der Waals surface area contributed by atoms with E-state index >= 15 is 0 Å². The van der Waals surface area contributed by atoms with E-state index in [1.54, 1.807) is 30.1 Å². The maximum absolute atomic E-state index is 12.2. The van der Waals surface area contributed by atoms with Gasteiger partial charge in [-0.05, 0) is 49.6 Å². The predicted octanol–water partition coefficient (Wildman–Crippen LogP) is 3.79. The smallest absolute Gasteiger partial charge is 0.237 e. The van der Waals surface area contributed by atoms with Crippen molar-refractivity contribution in [1.29, 1.82) is 5.26 Å². The van der Waals surface area contributed by atoms with Crippen molar-refractivity contribution >= 4 is 35.1 Å². The molecule has 1 amide bonds. The van der Waals surface area contributed by atoms with Gasteiger partial charge in [-0.1, -0.05) is 11.8 Å². The van der Waals surface area contributed by atoms with Crippen LogP contribution in [0.2, 0.25) is 0 Å². The van der Waals surface area contributed by atoms with Crippen molar-refractivity contribution in [2.24, 2.45) is 0 Å². The van der Waals surface area contributed by atoms with E-state index < -0.39 is 0 Å². The number of nitrogens with zero attached hydrogens (tertiary/aromatic N) is 2.